The molecule has 0 saturated heterocycles. The van der Waals surface area contributed by atoms with Gasteiger partial charge in [0.2, 0.25) is 0 Å². The maximum absolute atomic E-state index is 12.5. The molecule has 2 aromatic rings. The maximum atomic E-state index is 12.5. The van der Waals surface area contributed by atoms with Gasteiger partial charge in [-0.2, -0.15) is 0 Å². The van der Waals surface area contributed by atoms with Crippen LogP contribution in [0.3, 0.4) is 0 Å². The van der Waals surface area contributed by atoms with Crippen molar-refractivity contribution in [1.82, 2.24) is 0 Å². The summed E-state index contributed by atoms with van der Waals surface area (Å²) >= 11 is 15.3. The van der Waals surface area contributed by atoms with Crippen LogP contribution in [0.5, 0.6) is 0 Å². The molecule has 112 valence electrons. The molecule has 0 radical (unpaired) electrons. The van der Waals surface area contributed by atoms with E-state index in [2.05, 4.69) is 20.7 Å². The lowest BCUT2D eigenvalue weighted by molar-refractivity contribution is 0.601. The molecule has 0 atom stereocenters. The van der Waals surface area contributed by atoms with Gasteiger partial charge in [0, 0.05) is 10.2 Å². The van der Waals surface area contributed by atoms with Crippen LogP contribution in [0.25, 0.3) is 0 Å². The highest BCUT2D eigenvalue weighted by Gasteiger charge is 2.23. The second kappa shape index (κ2) is 6.04. The number of rotatable bonds is 3. The summed E-state index contributed by atoms with van der Waals surface area (Å²) in [6.07, 6.45) is 0. The molecule has 0 aliphatic rings. The molecule has 0 fully saturated rings. The fraction of sp³-hybridized carbons (Fsp3) is 0.0769. The topological polar surface area (TPSA) is 72.2 Å². The van der Waals surface area contributed by atoms with Crippen LogP contribution in [-0.2, 0) is 10.0 Å². The number of nitrogens with one attached hydrogen (secondary N) is 1. The summed E-state index contributed by atoms with van der Waals surface area (Å²) in [5.41, 5.74) is 7.16. The number of benzene rings is 2. The van der Waals surface area contributed by atoms with Gasteiger partial charge in [-0.3, -0.25) is 4.72 Å². The Hall–Kier alpha value is -0.950. The minimum Gasteiger partial charge on any atom is -0.399 e. The Kier molecular flexibility index (Phi) is 4.72. The first-order valence-corrected chi connectivity index (χ1v) is 8.78. The summed E-state index contributed by atoms with van der Waals surface area (Å²) in [4.78, 5) is -0.201. The van der Waals surface area contributed by atoms with Crippen LogP contribution in [0.2, 0.25) is 10.0 Å². The molecule has 0 aromatic heterocycles. The highest BCUT2D eigenvalue weighted by molar-refractivity contribution is 9.10. The van der Waals surface area contributed by atoms with Gasteiger partial charge in [-0.25, -0.2) is 8.42 Å². The van der Waals surface area contributed by atoms with Crippen LogP contribution >= 0.6 is 39.1 Å². The van der Waals surface area contributed by atoms with E-state index in [1.165, 1.54) is 12.1 Å². The van der Waals surface area contributed by atoms with E-state index in [-0.39, 0.29) is 14.9 Å². The normalized spacial score (nSPS) is 11.4. The van der Waals surface area contributed by atoms with Gasteiger partial charge in [0.15, 0.2) is 0 Å². The quantitative estimate of drug-likeness (QED) is 0.735. The van der Waals surface area contributed by atoms with E-state index in [0.29, 0.717) is 15.8 Å². The molecule has 0 saturated carbocycles. The molecule has 4 nitrogen and oxygen atoms in total. The molecular weight excluding hydrogens is 399 g/mol. The maximum Gasteiger partial charge on any atom is 0.264 e. The number of hydrogen-bond donors (Lipinski definition) is 2. The molecule has 0 bridgehead atoms. The summed E-state index contributed by atoms with van der Waals surface area (Å²) in [7, 11) is -3.93. The Labute approximate surface area is 141 Å². The lowest BCUT2D eigenvalue weighted by Gasteiger charge is -2.13. The average molecular weight is 410 g/mol. The Morgan fingerprint density at radius 1 is 1.19 bits per heavy atom. The van der Waals surface area contributed by atoms with Crippen LogP contribution in [0.1, 0.15) is 5.56 Å². The fourth-order valence-corrected chi connectivity index (χ4v) is 4.56. The van der Waals surface area contributed by atoms with Gasteiger partial charge in [-0.05, 0) is 46.6 Å². The second-order valence-electron chi connectivity index (χ2n) is 4.36. The van der Waals surface area contributed by atoms with Gasteiger partial charge in [0.25, 0.3) is 10.0 Å². The molecular formula is C13H11BrCl2N2O2S. The lowest BCUT2D eigenvalue weighted by Crippen LogP contribution is -2.15. The minimum absolute atomic E-state index is 0.0312. The Morgan fingerprint density at radius 3 is 2.33 bits per heavy atom. The number of hydrogen-bond acceptors (Lipinski definition) is 3. The highest BCUT2D eigenvalue weighted by Crippen LogP contribution is 2.34. The summed E-state index contributed by atoms with van der Waals surface area (Å²) in [5, 5.41) is -0.0625. The molecule has 21 heavy (non-hydrogen) atoms. The summed E-state index contributed by atoms with van der Waals surface area (Å²) < 4.78 is 28.1. The molecule has 0 heterocycles. The van der Waals surface area contributed by atoms with Crippen molar-refractivity contribution in [2.75, 3.05) is 10.5 Å². The number of sulfonamides is 1. The van der Waals surface area contributed by atoms with Crippen LogP contribution in [0.4, 0.5) is 11.4 Å². The van der Waals surface area contributed by atoms with Crippen molar-refractivity contribution >= 4 is 60.5 Å². The predicted molar refractivity (Wildman–Crippen MR) is 90.6 cm³/mol. The number of halogens is 3. The third-order valence-corrected chi connectivity index (χ3v) is 6.06. The Bertz CT molecular complexity index is 787. The van der Waals surface area contributed by atoms with Crippen molar-refractivity contribution in [3.63, 3.8) is 0 Å². The second-order valence-corrected chi connectivity index (χ2v) is 7.58. The van der Waals surface area contributed by atoms with Gasteiger partial charge in [0.1, 0.15) is 4.90 Å². The van der Waals surface area contributed by atoms with Crippen molar-refractivity contribution in [1.29, 1.82) is 0 Å². The molecule has 0 unspecified atom stereocenters. The molecule has 0 aliphatic carbocycles. The number of anilines is 2. The summed E-state index contributed by atoms with van der Waals surface area (Å²) in [6.45, 7) is 1.85. The van der Waals surface area contributed by atoms with Gasteiger partial charge < -0.3 is 5.73 Å². The van der Waals surface area contributed by atoms with Crippen LogP contribution < -0.4 is 10.5 Å². The Balaban J connectivity index is 2.51. The van der Waals surface area contributed by atoms with Crippen molar-refractivity contribution in [3.05, 3.63) is 50.4 Å². The van der Waals surface area contributed by atoms with Crippen molar-refractivity contribution in [2.45, 2.75) is 11.8 Å². The molecule has 0 aliphatic heterocycles. The molecule has 2 rings (SSSR count). The van der Waals surface area contributed by atoms with E-state index in [4.69, 9.17) is 28.9 Å². The molecule has 3 N–H and O–H groups in total. The number of nitrogens with two attached hydrogens (primary N) is 1. The van der Waals surface area contributed by atoms with Crippen LogP contribution in [-0.4, -0.2) is 8.42 Å². The zero-order valence-corrected chi connectivity index (χ0v) is 14.7. The first-order valence-electron chi connectivity index (χ1n) is 5.75. The van der Waals surface area contributed by atoms with Gasteiger partial charge in [-0.1, -0.05) is 35.3 Å². The van der Waals surface area contributed by atoms with Crippen molar-refractivity contribution in [2.24, 2.45) is 0 Å². The van der Waals surface area contributed by atoms with Gasteiger partial charge in [0.05, 0.1) is 15.7 Å². The van der Waals surface area contributed by atoms with E-state index in [9.17, 15) is 8.42 Å². The molecule has 8 heteroatoms. The van der Waals surface area contributed by atoms with E-state index >= 15 is 0 Å². The van der Waals surface area contributed by atoms with E-state index in [1.807, 2.05) is 13.0 Å². The molecule has 0 amide bonds. The lowest BCUT2D eigenvalue weighted by atomic mass is 10.2. The highest BCUT2D eigenvalue weighted by atomic mass is 79.9. The standard InChI is InChI=1S/C13H11BrCl2N2O2S/c1-7-3-2-4-11(12(7)14)18-21(19,20)13-9(15)5-8(17)6-10(13)16/h2-6,18H,17H2,1H3. The third kappa shape index (κ3) is 3.45. The van der Waals surface area contributed by atoms with Crippen molar-refractivity contribution < 1.29 is 8.42 Å². The monoisotopic (exact) mass is 408 g/mol. The molecule has 0 spiro atoms. The smallest absolute Gasteiger partial charge is 0.264 e. The van der Waals surface area contributed by atoms with Crippen LogP contribution in [0, 0.1) is 6.92 Å². The van der Waals surface area contributed by atoms with E-state index in [1.54, 1.807) is 12.1 Å². The van der Waals surface area contributed by atoms with E-state index < -0.39 is 10.0 Å². The SMILES string of the molecule is Cc1cccc(NS(=O)(=O)c2c(Cl)cc(N)cc2Cl)c1Br. The van der Waals surface area contributed by atoms with Gasteiger partial charge >= 0.3 is 0 Å². The van der Waals surface area contributed by atoms with Crippen LogP contribution in [0.15, 0.2) is 39.7 Å². The zero-order chi connectivity index (χ0) is 15.8. The first-order chi connectivity index (χ1) is 9.72. The Morgan fingerprint density at radius 2 is 1.76 bits per heavy atom. The minimum atomic E-state index is -3.93. The van der Waals surface area contributed by atoms with Gasteiger partial charge in [-0.15, -0.1) is 0 Å². The zero-order valence-electron chi connectivity index (χ0n) is 10.8. The largest absolute Gasteiger partial charge is 0.399 e. The predicted octanol–water partition coefficient (Wildman–Crippen LogP) is 4.45. The first kappa shape index (κ1) is 16.4. The van der Waals surface area contributed by atoms with Crippen molar-refractivity contribution in [3.8, 4) is 0 Å². The van der Waals surface area contributed by atoms with E-state index in [0.717, 1.165) is 5.56 Å². The third-order valence-electron chi connectivity index (χ3n) is 2.73. The average Bonchev–Trinajstić information content (AvgIpc) is 2.33. The summed E-state index contributed by atoms with van der Waals surface area (Å²) in [6, 6.07) is 7.91. The number of aryl methyl sites for hydroxylation is 1. The molecule has 2 aromatic carbocycles. The number of nitrogen functional groups attached to an aromatic ring is 1. The fourth-order valence-electron chi connectivity index (χ4n) is 1.76. The summed E-state index contributed by atoms with van der Waals surface area (Å²) in [5.74, 6) is 0.